The number of amides is 2. The molecule has 24 heavy (non-hydrogen) atoms. The van der Waals surface area contributed by atoms with Crippen LogP contribution in [-0.4, -0.2) is 50.5 Å². The van der Waals surface area contributed by atoms with Gasteiger partial charge in [0, 0.05) is 26.6 Å². The van der Waals surface area contributed by atoms with Gasteiger partial charge < -0.3 is 20.3 Å². The molecule has 0 bridgehead atoms. The molecule has 0 spiro atoms. The number of hydrogen-bond acceptors (Lipinski definition) is 4. The van der Waals surface area contributed by atoms with Gasteiger partial charge in [0.05, 0.1) is 0 Å². The van der Waals surface area contributed by atoms with E-state index >= 15 is 0 Å². The predicted octanol–water partition coefficient (Wildman–Crippen LogP) is 1.19. The number of carbonyl (C=O) groups excluding carboxylic acids is 2. The summed E-state index contributed by atoms with van der Waals surface area (Å²) in [5, 5.41) is 6.24. The fraction of sp³-hybridized carbons (Fsp3) is 0.529. The lowest BCUT2D eigenvalue weighted by atomic mass is 9.97. The Bertz CT molecular complexity index is 546. The lowest BCUT2D eigenvalue weighted by molar-refractivity contribution is -0.130. The monoisotopic (exact) mass is 355 g/mol. The predicted molar refractivity (Wildman–Crippen MR) is 95.3 cm³/mol. The van der Waals surface area contributed by atoms with Crippen LogP contribution in [0.25, 0.3) is 0 Å². The fourth-order valence-electron chi connectivity index (χ4n) is 2.44. The summed E-state index contributed by atoms with van der Waals surface area (Å²) in [7, 11) is 3.39. The first-order chi connectivity index (χ1) is 11.1. The zero-order chi connectivity index (χ0) is 16.7. The Balaban J connectivity index is 0.00000288. The molecule has 7 heteroatoms. The summed E-state index contributed by atoms with van der Waals surface area (Å²) >= 11 is 0. The summed E-state index contributed by atoms with van der Waals surface area (Å²) in [6.07, 6.45) is 1.78. The Morgan fingerprint density at radius 3 is 2.67 bits per heavy atom. The van der Waals surface area contributed by atoms with Crippen molar-refractivity contribution in [1.82, 2.24) is 15.5 Å². The zero-order valence-corrected chi connectivity index (χ0v) is 15.0. The quantitative estimate of drug-likeness (QED) is 0.804. The first-order valence-corrected chi connectivity index (χ1v) is 7.96. The molecular formula is C17H26ClN3O3. The van der Waals surface area contributed by atoms with Gasteiger partial charge in [-0.25, -0.2) is 0 Å². The van der Waals surface area contributed by atoms with Crippen molar-refractivity contribution >= 4 is 24.2 Å². The van der Waals surface area contributed by atoms with Crippen molar-refractivity contribution in [2.24, 2.45) is 5.92 Å². The molecular weight excluding hydrogens is 330 g/mol. The lowest BCUT2D eigenvalue weighted by Crippen LogP contribution is -2.37. The summed E-state index contributed by atoms with van der Waals surface area (Å²) in [6.45, 7) is 2.29. The average molecular weight is 356 g/mol. The third-order valence-electron chi connectivity index (χ3n) is 3.94. The molecule has 0 aliphatic carbocycles. The Morgan fingerprint density at radius 1 is 1.29 bits per heavy atom. The first kappa shape index (κ1) is 20.3. The maximum Gasteiger partial charge on any atom is 0.259 e. The summed E-state index contributed by atoms with van der Waals surface area (Å²) in [5.74, 6) is 0.762. The molecule has 2 amide bonds. The minimum absolute atomic E-state index is 0. The number of hydrogen-bond donors (Lipinski definition) is 2. The highest BCUT2D eigenvalue weighted by molar-refractivity contribution is 5.85. The number of nitrogens with one attached hydrogen (secondary N) is 2. The second kappa shape index (κ2) is 10.2. The Kier molecular flexibility index (Phi) is 8.57. The lowest BCUT2D eigenvalue weighted by Gasteiger charge is -2.21. The van der Waals surface area contributed by atoms with Gasteiger partial charge in [0.15, 0.2) is 6.61 Å². The largest absolute Gasteiger partial charge is 0.484 e. The van der Waals surface area contributed by atoms with Crippen molar-refractivity contribution in [3.8, 4) is 5.75 Å². The molecule has 0 saturated carbocycles. The number of benzene rings is 1. The summed E-state index contributed by atoms with van der Waals surface area (Å²) in [5.41, 5.74) is 0.960. The highest BCUT2D eigenvalue weighted by atomic mass is 35.5. The molecule has 134 valence electrons. The first-order valence-electron chi connectivity index (χ1n) is 7.96. The number of carbonyl (C=O) groups is 2. The van der Waals surface area contributed by atoms with E-state index in [1.165, 1.54) is 4.90 Å². The number of nitrogens with zero attached hydrogens (tertiary/aromatic N) is 1. The molecule has 2 N–H and O–H groups in total. The average Bonchev–Trinajstić information content (AvgIpc) is 2.58. The number of rotatable bonds is 6. The van der Waals surface area contributed by atoms with Crippen LogP contribution in [0.1, 0.15) is 18.4 Å². The van der Waals surface area contributed by atoms with Crippen LogP contribution >= 0.6 is 12.4 Å². The molecule has 1 aliphatic heterocycles. The van der Waals surface area contributed by atoms with Crippen molar-refractivity contribution < 1.29 is 14.3 Å². The highest BCUT2D eigenvalue weighted by Crippen LogP contribution is 2.15. The van der Waals surface area contributed by atoms with E-state index in [1.54, 1.807) is 20.2 Å². The van der Waals surface area contributed by atoms with Crippen LogP contribution in [-0.2, 0) is 16.1 Å². The van der Waals surface area contributed by atoms with Crippen LogP contribution in [0.4, 0.5) is 0 Å². The normalized spacial score (nSPS) is 14.4. The highest BCUT2D eigenvalue weighted by Gasteiger charge is 2.20. The second-order valence-electron chi connectivity index (χ2n) is 5.97. The van der Waals surface area contributed by atoms with E-state index in [0.717, 1.165) is 31.5 Å². The molecule has 6 nitrogen and oxygen atoms in total. The summed E-state index contributed by atoms with van der Waals surface area (Å²) in [4.78, 5) is 25.1. The van der Waals surface area contributed by atoms with Crippen LogP contribution in [0.5, 0.6) is 5.75 Å². The molecule has 0 aromatic heterocycles. The summed E-state index contributed by atoms with van der Waals surface area (Å²) < 4.78 is 5.48. The SMILES string of the molecule is CN(C)C(=O)COc1cccc(CNC(=O)C2CCNCC2)c1.Cl. The van der Waals surface area contributed by atoms with Gasteiger partial charge in [-0.15, -0.1) is 12.4 Å². The molecule has 1 aliphatic rings. The van der Waals surface area contributed by atoms with Crippen molar-refractivity contribution in [1.29, 1.82) is 0 Å². The van der Waals surface area contributed by atoms with Gasteiger partial charge in [-0.3, -0.25) is 9.59 Å². The molecule has 0 atom stereocenters. The number of halogens is 1. The fourth-order valence-corrected chi connectivity index (χ4v) is 2.44. The van der Waals surface area contributed by atoms with Crippen molar-refractivity contribution in [3.05, 3.63) is 29.8 Å². The maximum atomic E-state index is 12.1. The Morgan fingerprint density at radius 2 is 2.00 bits per heavy atom. The van der Waals surface area contributed by atoms with Crippen LogP contribution in [0.3, 0.4) is 0 Å². The van der Waals surface area contributed by atoms with E-state index in [2.05, 4.69) is 10.6 Å². The maximum absolute atomic E-state index is 12.1. The van der Waals surface area contributed by atoms with E-state index < -0.39 is 0 Å². The number of ether oxygens (including phenoxy) is 1. The molecule has 0 radical (unpaired) electrons. The molecule has 1 saturated heterocycles. The minimum Gasteiger partial charge on any atom is -0.484 e. The molecule has 2 rings (SSSR count). The van der Waals surface area contributed by atoms with Gasteiger partial charge in [-0.1, -0.05) is 12.1 Å². The van der Waals surface area contributed by atoms with Crippen molar-refractivity contribution in [2.45, 2.75) is 19.4 Å². The third kappa shape index (κ3) is 6.37. The van der Waals surface area contributed by atoms with Gasteiger partial charge >= 0.3 is 0 Å². The van der Waals surface area contributed by atoms with Gasteiger partial charge in [-0.05, 0) is 43.6 Å². The van der Waals surface area contributed by atoms with E-state index in [1.807, 2.05) is 18.2 Å². The smallest absolute Gasteiger partial charge is 0.259 e. The standard InChI is InChI=1S/C17H25N3O3.ClH/c1-20(2)16(21)12-23-15-5-3-4-13(10-15)11-19-17(22)14-6-8-18-9-7-14;/h3-5,10,14,18H,6-9,11-12H2,1-2H3,(H,19,22);1H. The van der Waals surface area contributed by atoms with Crippen LogP contribution < -0.4 is 15.4 Å². The van der Waals surface area contributed by atoms with E-state index in [9.17, 15) is 9.59 Å². The second-order valence-corrected chi connectivity index (χ2v) is 5.97. The molecule has 1 heterocycles. The molecule has 1 aromatic carbocycles. The summed E-state index contributed by atoms with van der Waals surface area (Å²) in [6, 6.07) is 7.46. The number of piperidine rings is 1. The number of likely N-dealkylation sites (N-methyl/N-ethyl adjacent to an activating group) is 1. The molecule has 1 fully saturated rings. The molecule has 0 unspecified atom stereocenters. The van der Waals surface area contributed by atoms with Gasteiger partial charge in [0.1, 0.15) is 5.75 Å². The Labute approximate surface area is 149 Å². The van der Waals surface area contributed by atoms with Gasteiger partial charge in [0.2, 0.25) is 5.91 Å². The van der Waals surface area contributed by atoms with E-state index in [-0.39, 0.29) is 36.7 Å². The Hall–Kier alpha value is -1.79. The van der Waals surface area contributed by atoms with Crippen LogP contribution in [0, 0.1) is 5.92 Å². The van der Waals surface area contributed by atoms with Gasteiger partial charge in [0.25, 0.3) is 5.91 Å². The van der Waals surface area contributed by atoms with E-state index in [0.29, 0.717) is 12.3 Å². The van der Waals surface area contributed by atoms with Crippen molar-refractivity contribution in [3.63, 3.8) is 0 Å². The molecule has 1 aromatic rings. The van der Waals surface area contributed by atoms with Gasteiger partial charge in [-0.2, -0.15) is 0 Å². The third-order valence-corrected chi connectivity index (χ3v) is 3.94. The minimum atomic E-state index is -0.0883. The van der Waals surface area contributed by atoms with E-state index in [4.69, 9.17) is 4.74 Å². The van der Waals surface area contributed by atoms with Crippen LogP contribution in [0.15, 0.2) is 24.3 Å². The van der Waals surface area contributed by atoms with Crippen molar-refractivity contribution in [2.75, 3.05) is 33.8 Å². The van der Waals surface area contributed by atoms with Crippen LogP contribution in [0.2, 0.25) is 0 Å². The zero-order valence-electron chi connectivity index (χ0n) is 14.2. The topological polar surface area (TPSA) is 70.7 Å².